The second kappa shape index (κ2) is 2.83. The van der Waals surface area contributed by atoms with Gasteiger partial charge in [-0.15, -0.1) is 0 Å². The van der Waals surface area contributed by atoms with Gasteiger partial charge >= 0.3 is 0 Å². The minimum Gasteiger partial charge on any atom is -0.507 e. The van der Waals surface area contributed by atoms with Crippen molar-refractivity contribution in [2.45, 2.75) is 0 Å². The van der Waals surface area contributed by atoms with Crippen LogP contribution in [-0.4, -0.2) is 11.7 Å². The van der Waals surface area contributed by atoms with Crippen molar-refractivity contribution >= 4 is 21.7 Å². The highest BCUT2D eigenvalue weighted by atomic mass is 79.9. The Morgan fingerprint density at radius 2 is 2.25 bits per heavy atom. The molecular formula is C9H7BrO2. The largest absolute Gasteiger partial charge is 0.507 e. The molecule has 0 unspecified atom stereocenters. The Morgan fingerprint density at radius 1 is 1.42 bits per heavy atom. The summed E-state index contributed by atoms with van der Waals surface area (Å²) in [6.45, 7) is 0.432. The summed E-state index contributed by atoms with van der Waals surface area (Å²) >= 11 is 3.35. The first kappa shape index (κ1) is 7.68. The molecule has 0 saturated heterocycles. The predicted octanol–water partition coefficient (Wildman–Crippen LogP) is 2.74. The molecule has 62 valence electrons. The molecule has 2 nitrogen and oxygen atoms in total. The molecule has 0 bridgehead atoms. The standard InChI is InChI=1S/C9H7BrO2/c10-7-3-1-2-6-8(11)4-5-12-9(6)7/h1-4,11H,5H2. The highest BCUT2D eigenvalue weighted by Crippen LogP contribution is 2.34. The van der Waals surface area contributed by atoms with Crippen LogP contribution in [0.1, 0.15) is 5.56 Å². The average Bonchev–Trinajstić information content (AvgIpc) is 2.07. The van der Waals surface area contributed by atoms with Crippen LogP contribution < -0.4 is 4.74 Å². The summed E-state index contributed by atoms with van der Waals surface area (Å²) in [6.07, 6.45) is 1.65. The Hall–Kier alpha value is -0.960. The van der Waals surface area contributed by atoms with E-state index in [2.05, 4.69) is 15.9 Å². The molecule has 0 saturated carbocycles. The molecule has 1 aromatic rings. The van der Waals surface area contributed by atoms with Crippen LogP contribution in [0, 0.1) is 0 Å². The van der Waals surface area contributed by atoms with Crippen molar-refractivity contribution in [2.24, 2.45) is 0 Å². The second-order valence-electron chi connectivity index (χ2n) is 2.52. The summed E-state index contributed by atoms with van der Waals surface area (Å²) in [5.74, 6) is 1.01. The molecule has 0 amide bonds. The Kier molecular flexibility index (Phi) is 1.81. The van der Waals surface area contributed by atoms with Crippen LogP contribution in [0.4, 0.5) is 0 Å². The molecule has 0 aromatic heterocycles. The van der Waals surface area contributed by atoms with Crippen molar-refractivity contribution in [3.8, 4) is 5.75 Å². The average molecular weight is 227 g/mol. The SMILES string of the molecule is OC1=CCOc2c(Br)cccc21. The first-order valence-corrected chi connectivity index (χ1v) is 4.39. The van der Waals surface area contributed by atoms with Crippen LogP contribution in [-0.2, 0) is 0 Å². The molecule has 1 N–H and O–H groups in total. The molecule has 0 radical (unpaired) electrons. The van der Waals surface area contributed by atoms with Gasteiger partial charge in [-0.3, -0.25) is 0 Å². The van der Waals surface area contributed by atoms with Gasteiger partial charge in [-0.2, -0.15) is 0 Å². The van der Waals surface area contributed by atoms with Gasteiger partial charge in [-0.25, -0.2) is 0 Å². The third-order valence-electron chi connectivity index (χ3n) is 1.75. The van der Waals surface area contributed by atoms with Crippen molar-refractivity contribution in [1.82, 2.24) is 0 Å². The van der Waals surface area contributed by atoms with Crippen molar-refractivity contribution in [1.29, 1.82) is 0 Å². The van der Waals surface area contributed by atoms with E-state index in [1.807, 2.05) is 18.2 Å². The molecule has 1 aromatic carbocycles. The monoisotopic (exact) mass is 226 g/mol. The molecule has 3 heteroatoms. The quantitative estimate of drug-likeness (QED) is 0.738. The lowest BCUT2D eigenvalue weighted by molar-refractivity contribution is 0.343. The van der Waals surface area contributed by atoms with E-state index in [4.69, 9.17) is 4.74 Å². The maximum absolute atomic E-state index is 9.45. The topological polar surface area (TPSA) is 29.5 Å². The maximum atomic E-state index is 9.45. The van der Waals surface area contributed by atoms with Gasteiger partial charge in [0, 0.05) is 0 Å². The van der Waals surface area contributed by atoms with E-state index in [-0.39, 0.29) is 5.76 Å². The number of hydrogen-bond donors (Lipinski definition) is 1. The predicted molar refractivity (Wildman–Crippen MR) is 50.2 cm³/mol. The lowest BCUT2D eigenvalue weighted by Gasteiger charge is -2.15. The number of ether oxygens (including phenoxy) is 1. The number of rotatable bonds is 0. The summed E-state index contributed by atoms with van der Waals surface area (Å²) in [6, 6.07) is 5.57. The molecule has 1 aliphatic heterocycles. The zero-order chi connectivity index (χ0) is 8.55. The summed E-state index contributed by atoms with van der Waals surface area (Å²) in [5, 5.41) is 9.45. The van der Waals surface area contributed by atoms with Gasteiger partial charge in [0.05, 0.1) is 10.0 Å². The zero-order valence-electron chi connectivity index (χ0n) is 6.25. The van der Waals surface area contributed by atoms with Gasteiger partial charge in [0.25, 0.3) is 0 Å². The van der Waals surface area contributed by atoms with Crippen LogP contribution in [0.5, 0.6) is 5.75 Å². The molecule has 2 rings (SSSR count). The lowest BCUT2D eigenvalue weighted by Crippen LogP contribution is -2.04. The third kappa shape index (κ3) is 1.10. The first-order chi connectivity index (χ1) is 5.79. The number of para-hydroxylation sites is 1. The third-order valence-corrected chi connectivity index (χ3v) is 2.37. The van der Waals surface area contributed by atoms with Gasteiger partial charge in [-0.05, 0) is 34.1 Å². The number of fused-ring (bicyclic) bond motifs is 1. The molecule has 1 aliphatic rings. The Balaban J connectivity index is 2.62. The van der Waals surface area contributed by atoms with Crippen molar-refractivity contribution in [3.63, 3.8) is 0 Å². The van der Waals surface area contributed by atoms with E-state index in [0.29, 0.717) is 6.61 Å². The highest BCUT2D eigenvalue weighted by Gasteiger charge is 2.14. The number of hydrogen-bond acceptors (Lipinski definition) is 2. The molecule has 12 heavy (non-hydrogen) atoms. The number of halogens is 1. The van der Waals surface area contributed by atoms with Gasteiger partial charge in [-0.1, -0.05) is 6.07 Å². The van der Waals surface area contributed by atoms with Crippen LogP contribution in [0.2, 0.25) is 0 Å². The molecule has 0 aliphatic carbocycles. The van der Waals surface area contributed by atoms with E-state index in [1.165, 1.54) is 0 Å². The Bertz CT molecular complexity index is 344. The van der Waals surface area contributed by atoms with E-state index in [0.717, 1.165) is 15.8 Å². The fraction of sp³-hybridized carbons (Fsp3) is 0.111. The van der Waals surface area contributed by atoms with E-state index < -0.39 is 0 Å². The van der Waals surface area contributed by atoms with Gasteiger partial charge < -0.3 is 9.84 Å². The number of aliphatic hydroxyl groups excluding tert-OH is 1. The highest BCUT2D eigenvalue weighted by molar-refractivity contribution is 9.10. The fourth-order valence-electron chi connectivity index (χ4n) is 1.17. The fourth-order valence-corrected chi connectivity index (χ4v) is 1.65. The van der Waals surface area contributed by atoms with Crippen molar-refractivity contribution in [3.05, 3.63) is 34.3 Å². The van der Waals surface area contributed by atoms with Crippen LogP contribution >= 0.6 is 15.9 Å². The van der Waals surface area contributed by atoms with Crippen molar-refractivity contribution in [2.75, 3.05) is 6.61 Å². The number of aliphatic hydroxyl groups is 1. The van der Waals surface area contributed by atoms with Gasteiger partial charge in [0.2, 0.25) is 0 Å². The number of benzene rings is 1. The summed E-state index contributed by atoms with van der Waals surface area (Å²) in [4.78, 5) is 0. The van der Waals surface area contributed by atoms with Crippen molar-refractivity contribution < 1.29 is 9.84 Å². The van der Waals surface area contributed by atoms with Crippen LogP contribution in [0.15, 0.2) is 28.7 Å². The minimum atomic E-state index is 0.289. The zero-order valence-corrected chi connectivity index (χ0v) is 7.84. The summed E-state index contributed by atoms with van der Waals surface area (Å²) in [7, 11) is 0. The first-order valence-electron chi connectivity index (χ1n) is 3.60. The summed E-state index contributed by atoms with van der Waals surface area (Å²) in [5.41, 5.74) is 0.746. The Labute approximate surface area is 78.6 Å². The van der Waals surface area contributed by atoms with Crippen LogP contribution in [0.3, 0.4) is 0 Å². The molecule has 0 fully saturated rings. The van der Waals surface area contributed by atoms with Gasteiger partial charge in [0.15, 0.2) is 0 Å². The van der Waals surface area contributed by atoms with Crippen LogP contribution in [0.25, 0.3) is 5.76 Å². The molecule has 0 spiro atoms. The lowest BCUT2D eigenvalue weighted by atomic mass is 10.1. The normalized spacial score (nSPS) is 14.6. The second-order valence-corrected chi connectivity index (χ2v) is 3.37. The maximum Gasteiger partial charge on any atom is 0.144 e. The Morgan fingerprint density at radius 3 is 3.00 bits per heavy atom. The molecular weight excluding hydrogens is 220 g/mol. The molecule has 1 heterocycles. The molecule has 0 atom stereocenters. The smallest absolute Gasteiger partial charge is 0.144 e. The van der Waals surface area contributed by atoms with E-state index in [1.54, 1.807) is 6.08 Å². The van der Waals surface area contributed by atoms with E-state index >= 15 is 0 Å². The summed E-state index contributed by atoms with van der Waals surface area (Å²) < 4.78 is 6.22. The van der Waals surface area contributed by atoms with E-state index in [9.17, 15) is 5.11 Å². The minimum absolute atomic E-state index is 0.289. The van der Waals surface area contributed by atoms with Gasteiger partial charge in [0.1, 0.15) is 18.1 Å².